The average Bonchev–Trinajstić information content (AvgIpc) is 2.54. The SMILES string of the molecule is C=C(/C=C(\NC)[N+](=O)[O-])C(=O)NCCc1ccc(O)cc1.CCC. The van der Waals surface area contributed by atoms with E-state index in [-0.39, 0.29) is 17.1 Å². The Morgan fingerprint density at radius 2 is 1.88 bits per heavy atom. The van der Waals surface area contributed by atoms with Crippen LogP contribution in [0.3, 0.4) is 0 Å². The van der Waals surface area contributed by atoms with Gasteiger partial charge in [-0.05, 0) is 29.0 Å². The van der Waals surface area contributed by atoms with Gasteiger partial charge in [-0.15, -0.1) is 0 Å². The first kappa shape index (κ1) is 21.2. The molecule has 7 heteroatoms. The Morgan fingerprint density at radius 3 is 2.33 bits per heavy atom. The van der Waals surface area contributed by atoms with Gasteiger partial charge in [0.05, 0.1) is 7.05 Å². The van der Waals surface area contributed by atoms with Crippen LogP contribution in [0.1, 0.15) is 25.8 Å². The number of hydrogen-bond donors (Lipinski definition) is 3. The van der Waals surface area contributed by atoms with Gasteiger partial charge in [0, 0.05) is 18.2 Å². The van der Waals surface area contributed by atoms with E-state index in [1.165, 1.54) is 13.5 Å². The molecule has 1 aromatic rings. The van der Waals surface area contributed by atoms with E-state index in [2.05, 4.69) is 31.1 Å². The van der Waals surface area contributed by atoms with Crippen molar-refractivity contribution in [3.8, 4) is 5.75 Å². The molecule has 0 saturated heterocycles. The van der Waals surface area contributed by atoms with Gasteiger partial charge in [0.2, 0.25) is 0 Å². The maximum atomic E-state index is 11.7. The number of phenols is 1. The van der Waals surface area contributed by atoms with Crippen LogP contribution in [0.2, 0.25) is 0 Å². The van der Waals surface area contributed by atoms with Crippen LogP contribution in [0.4, 0.5) is 0 Å². The highest BCUT2D eigenvalue weighted by Crippen LogP contribution is 2.09. The van der Waals surface area contributed by atoms with Crippen LogP contribution < -0.4 is 10.6 Å². The Kier molecular flexibility index (Phi) is 10.3. The molecular formula is C17H25N3O4. The lowest BCUT2D eigenvalue weighted by Crippen LogP contribution is -2.27. The summed E-state index contributed by atoms with van der Waals surface area (Å²) in [6.07, 6.45) is 2.91. The number of nitro groups is 1. The van der Waals surface area contributed by atoms with Crippen molar-refractivity contribution in [3.63, 3.8) is 0 Å². The van der Waals surface area contributed by atoms with Gasteiger partial charge in [-0.1, -0.05) is 39.0 Å². The third kappa shape index (κ3) is 8.57. The third-order valence-corrected chi connectivity index (χ3v) is 2.69. The van der Waals surface area contributed by atoms with Crippen LogP contribution in [0.25, 0.3) is 0 Å². The number of benzene rings is 1. The molecule has 0 aromatic heterocycles. The van der Waals surface area contributed by atoms with Crippen molar-refractivity contribution in [1.29, 1.82) is 0 Å². The van der Waals surface area contributed by atoms with Crippen molar-refractivity contribution in [2.75, 3.05) is 13.6 Å². The summed E-state index contributed by atoms with van der Waals surface area (Å²) in [4.78, 5) is 21.7. The molecule has 0 aliphatic carbocycles. The fraction of sp³-hybridized carbons (Fsp3) is 0.353. The van der Waals surface area contributed by atoms with Crippen molar-refractivity contribution < 1.29 is 14.8 Å². The molecule has 0 aliphatic rings. The van der Waals surface area contributed by atoms with Gasteiger partial charge in [-0.2, -0.15) is 0 Å². The molecular weight excluding hydrogens is 310 g/mol. The summed E-state index contributed by atoms with van der Waals surface area (Å²) < 4.78 is 0. The normalized spacial score (nSPS) is 10.2. The van der Waals surface area contributed by atoms with Crippen molar-refractivity contribution in [3.05, 3.63) is 64.0 Å². The minimum atomic E-state index is -0.630. The number of hydrogen-bond acceptors (Lipinski definition) is 5. The number of rotatable bonds is 7. The summed E-state index contributed by atoms with van der Waals surface area (Å²) >= 11 is 0. The Bertz CT molecular complexity index is 580. The molecule has 1 rings (SSSR count). The van der Waals surface area contributed by atoms with E-state index in [9.17, 15) is 14.9 Å². The van der Waals surface area contributed by atoms with E-state index < -0.39 is 10.8 Å². The highest BCUT2D eigenvalue weighted by Gasteiger charge is 2.10. The van der Waals surface area contributed by atoms with Gasteiger partial charge in [0.25, 0.3) is 5.91 Å². The highest BCUT2D eigenvalue weighted by atomic mass is 16.6. The summed E-state index contributed by atoms with van der Waals surface area (Å²) in [6.45, 7) is 8.11. The van der Waals surface area contributed by atoms with Gasteiger partial charge in [-0.3, -0.25) is 10.1 Å². The lowest BCUT2D eigenvalue weighted by molar-refractivity contribution is -0.431. The summed E-state index contributed by atoms with van der Waals surface area (Å²) in [5.41, 5.74) is 0.956. The number of carbonyl (C=O) groups excluding carboxylic acids is 1. The number of aromatic hydroxyl groups is 1. The maximum Gasteiger partial charge on any atom is 0.316 e. The zero-order valence-electron chi connectivity index (χ0n) is 14.3. The standard InChI is InChI=1S/C14H17N3O4.C3H8/c1-10(9-13(15-2)17(20)21)14(19)16-8-7-11-3-5-12(18)6-4-11;1-3-2/h3-6,9,15,18H,1,7-8H2,2H3,(H,16,19);3H2,1-2H3/b13-9+;. The molecule has 0 radical (unpaired) electrons. The van der Waals surface area contributed by atoms with E-state index in [0.717, 1.165) is 11.6 Å². The minimum absolute atomic E-state index is 0.00163. The van der Waals surface area contributed by atoms with E-state index in [4.69, 9.17) is 5.11 Å². The second-order valence-corrected chi connectivity index (χ2v) is 4.94. The van der Waals surface area contributed by atoms with Gasteiger partial charge >= 0.3 is 5.82 Å². The van der Waals surface area contributed by atoms with Crippen LogP contribution >= 0.6 is 0 Å². The molecule has 0 saturated carbocycles. The quantitative estimate of drug-likeness (QED) is 0.307. The van der Waals surface area contributed by atoms with E-state index in [0.29, 0.717) is 13.0 Å². The number of amides is 1. The topological polar surface area (TPSA) is 105 Å². The van der Waals surface area contributed by atoms with Crippen molar-refractivity contribution in [2.24, 2.45) is 0 Å². The Morgan fingerprint density at radius 1 is 1.33 bits per heavy atom. The first-order chi connectivity index (χ1) is 11.3. The second-order valence-electron chi connectivity index (χ2n) is 4.94. The largest absolute Gasteiger partial charge is 0.508 e. The first-order valence-corrected chi connectivity index (χ1v) is 7.64. The van der Waals surface area contributed by atoms with Crippen LogP contribution in [0, 0.1) is 10.1 Å². The zero-order valence-corrected chi connectivity index (χ0v) is 14.3. The van der Waals surface area contributed by atoms with Crippen molar-refractivity contribution in [2.45, 2.75) is 26.7 Å². The Balaban J connectivity index is 0.00000163. The molecule has 132 valence electrons. The summed E-state index contributed by atoms with van der Waals surface area (Å²) in [7, 11) is 1.39. The van der Waals surface area contributed by atoms with Gasteiger partial charge in [0.15, 0.2) is 0 Å². The van der Waals surface area contributed by atoms with Crippen LogP contribution in [0.5, 0.6) is 5.75 Å². The lowest BCUT2D eigenvalue weighted by Gasteiger charge is -2.06. The highest BCUT2D eigenvalue weighted by molar-refractivity contribution is 5.95. The lowest BCUT2D eigenvalue weighted by atomic mass is 10.1. The molecule has 0 bridgehead atoms. The third-order valence-electron chi connectivity index (χ3n) is 2.69. The van der Waals surface area contributed by atoms with Crippen molar-refractivity contribution in [1.82, 2.24) is 10.6 Å². The molecule has 0 heterocycles. The summed E-state index contributed by atoms with van der Waals surface area (Å²) in [5.74, 6) is -0.585. The fourth-order valence-electron chi connectivity index (χ4n) is 1.54. The molecule has 0 aliphatic heterocycles. The van der Waals surface area contributed by atoms with Crippen LogP contribution in [-0.2, 0) is 11.2 Å². The Hall–Kier alpha value is -2.83. The molecule has 0 unspecified atom stereocenters. The first-order valence-electron chi connectivity index (χ1n) is 7.64. The molecule has 1 amide bonds. The monoisotopic (exact) mass is 335 g/mol. The molecule has 24 heavy (non-hydrogen) atoms. The molecule has 3 N–H and O–H groups in total. The number of nitrogens with zero attached hydrogens (tertiary/aromatic N) is 1. The number of phenolic OH excluding ortho intramolecular Hbond substituents is 1. The van der Waals surface area contributed by atoms with Gasteiger partial charge in [0.1, 0.15) is 5.75 Å². The molecule has 0 atom stereocenters. The fourth-order valence-corrected chi connectivity index (χ4v) is 1.54. The zero-order chi connectivity index (χ0) is 18.5. The molecule has 7 nitrogen and oxygen atoms in total. The van der Waals surface area contributed by atoms with Crippen molar-refractivity contribution >= 4 is 5.91 Å². The second kappa shape index (κ2) is 11.7. The van der Waals surface area contributed by atoms with Crippen LogP contribution in [0.15, 0.2) is 48.3 Å². The Labute approximate surface area is 142 Å². The predicted octanol–water partition coefficient (Wildman–Crippen LogP) is 2.36. The smallest absolute Gasteiger partial charge is 0.316 e. The van der Waals surface area contributed by atoms with Gasteiger partial charge in [-0.25, -0.2) is 0 Å². The number of carbonyl (C=O) groups is 1. The van der Waals surface area contributed by atoms with Gasteiger partial charge < -0.3 is 20.5 Å². The molecule has 0 spiro atoms. The summed E-state index contributed by atoms with van der Waals surface area (Å²) in [6, 6.07) is 6.63. The molecule has 0 fully saturated rings. The van der Waals surface area contributed by atoms with E-state index >= 15 is 0 Å². The maximum absolute atomic E-state index is 11.7. The van der Waals surface area contributed by atoms with E-state index in [1.54, 1.807) is 24.3 Å². The number of nitrogens with one attached hydrogen (secondary N) is 2. The minimum Gasteiger partial charge on any atom is -0.508 e. The predicted molar refractivity (Wildman–Crippen MR) is 94.1 cm³/mol. The average molecular weight is 335 g/mol. The van der Waals surface area contributed by atoms with Crippen LogP contribution in [-0.4, -0.2) is 29.5 Å². The molecule has 1 aromatic carbocycles. The summed E-state index contributed by atoms with van der Waals surface area (Å²) in [5, 5.41) is 24.7. The van der Waals surface area contributed by atoms with E-state index in [1.807, 2.05) is 0 Å².